The number of rotatable bonds is 4. The number of hydrogen-bond acceptors (Lipinski definition) is 2. The monoisotopic (exact) mass is 230 g/mol. The van der Waals surface area contributed by atoms with E-state index in [2.05, 4.69) is 42.4 Å². The third kappa shape index (κ3) is 2.32. The molecule has 2 heteroatoms. The molecule has 2 nitrogen and oxygen atoms in total. The molecule has 1 fully saturated rings. The van der Waals surface area contributed by atoms with Crippen LogP contribution in [-0.4, -0.2) is 25.0 Å². The summed E-state index contributed by atoms with van der Waals surface area (Å²) >= 11 is 0. The molecule has 1 aromatic rings. The Bertz CT molecular complexity index is 413. The summed E-state index contributed by atoms with van der Waals surface area (Å²) in [5, 5.41) is 3.53. The first-order valence-corrected chi connectivity index (χ1v) is 6.77. The summed E-state index contributed by atoms with van der Waals surface area (Å²) in [6.07, 6.45) is 2.61. The minimum absolute atomic E-state index is 0.949. The van der Waals surface area contributed by atoms with Crippen LogP contribution in [0.2, 0.25) is 0 Å². The predicted molar refractivity (Wildman–Crippen MR) is 72.2 cm³/mol. The molecule has 1 aliphatic carbocycles. The zero-order valence-electron chi connectivity index (χ0n) is 10.9. The van der Waals surface area contributed by atoms with Crippen molar-refractivity contribution < 1.29 is 0 Å². The molecular weight excluding hydrogens is 208 g/mol. The lowest BCUT2D eigenvalue weighted by atomic mass is 10.1. The van der Waals surface area contributed by atoms with E-state index in [1.807, 2.05) is 0 Å². The summed E-state index contributed by atoms with van der Waals surface area (Å²) in [5.74, 6) is 1.90. The van der Waals surface area contributed by atoms with Crippen molar-refractivity contribution in [1.82, 2.24) is 4.90 Å². The van der Waals surface area contributed by atoms with E-state index in [4.69, 9.17) is 0 Å². The van der Waals surface area contributed by atoms with Crippen molar-refractivity contribution in [3.63, 3.8) is 0 Å². The maximum atomic E-state index is 3.53. The molecular formula is C15H22N2. The number of hydrogen-bond donors (Lipinski definition) is 1. The molecule has 0 spiro atoms. The van der Waals surface area contributed by atoms with Gasteiger partial charge in [-0.25, -0.2) is 0 Å². The molecule has 0 saturated heterocycles. The third-order valence-electron chi connectivity index (χ3n) is 4.20. The van der Waals surface area contributed by atoms with E-state index in [1.165, 1.54) is 36.2 Å². The van der Waals surface area contributed by atoms with Gasteiger partial charge >= 0.3 is 0 Å². The number of nitrogens with zero attached hydrogens (tertiary/aromatic N) is 1. The Morgan fingerprint density at radius 2 is 2.24 bits per heavy atom. The second-order valence-corrected chi connectivity index (χ2v) is 5.80. The number of anilines is 1. The van der Waals surface area contributed by atoms with E-state index in [1.54, 1.807) is 0 Å². The number of nitrogens with one attached hydrogen (secondary N) is 1. The van der Waals surface area contributed by atoms with Gasteiger partial charge < -0.3 is 10.2 Å². The number of benzene rings is 1. The summed E-state index contributed by atoms with van der Waals surface area (Å²) in [5.41, 5.74) is 4.37. The minimum Gasteiger partial charge on any atom is -0.384 e. The van der Waals surface area contributed by atoms with Gasteiger partial charge in [-0.1, -0.05) is 25.1 Å². The fourth-order valence-electron chi connectivity index (χ4n) is 2.95. The van der Waals surface area contributed by atoms with Gasteiger partial charge in [-0.05, 0) is 42.9 Å². The van der Waals surface area contributed by atoms with Crippen LogP contribution in [0.1, 0.15) is 24.5 Å². The molecule has 92 valence electrons. The first-order valence-electron chi connectivity index (χ1n) is 6.77. The molecule has 0 aromatic heterocycles. The maximum Gasteiger partial charge on any atom is 0.0419 e. The van der Waals surface area contributed by atoms with Gasteiger partial charge in [0.25, 0.3) is 0 Å². The third-order valence-corrected chi connectivity index (χ3v) is 4.20. The van der Waals surface area contributed by atoms with E-state index in [0.717, 1.165) is 24.9 Å². The molecule has 1 aromatic carbocycles. The lowest BCUT2D eigenvalue weighted by molar-refractivity contribution is 0.308. The van der Waals surface area contributed by atoms with E-state index in [9.17, 15) is 0 Å². The highest BCUT2D eigenvalue weighted by molar-refractivity contribution is 5.61. The Morgan fingerprint density at radius 1 is 1.41 bits per heavy atom. The molecule has 0 bridgehead atoms. The topological polar surface area (TPSA) is 15.3 Å². The molecule has 1 saturated carbocycles. The van der Waals surface area contributed by atoms with Crippen LogP contribution in [0.5, 0.6) is 0 Å². The van der Waals surface area contributed by atoms with Gasteiger partial charge in [-0.2, -0.15) is 0 Å². The lowest BCUT2D eigenvalue weighted by Crippen LogP contribution is -2.21. The number of fused-ring (bicyclic) bond motifs is 1. The summed E-state index contributed by atoms with van der Waals surface area (Å²) in [6, 6.07) is 6.72. The molecule has 2 unspecified atom stereocenters. The second kappa shape index (κ2) is 4.34. The molecule has 2 atom stereocenters. The predicted octanol–water partition coefficient (Wildman–Crippen LogP) is 2.74. The summed E-state index contributed by atoms with van der Waals surface area (Å²) in [4.78, 5) is 2.48. The standard InChI is InChI=1S/C15H22N2/c1-11-8-14(11)10-17(2)9-13-5-3-4-12-6-7-16-15(12)13/h3-5,11,14,16H,6-10H2,1-2H3. The van der Waals surface area contributed by atoms with E-state index >= 15 is 0 Å². The average Bonchev–Trinajstić information content (AvgIpc) is 2.81. The minimum atomic E-state index is 0.949. The van der Waals surface area contributed by atoms with Gasteiger partial charge in [0, 0.05) is 25.3 Å². The quantitative estimate of drug-likeness (QED) is 0.855. The molecule has 0 amide bonds. The Balaban J connectivity index is 1.66. The highest BCUT2D eigenvalue weighted by atomic mass is 15.1. The average molecular weight is 230 g/mol. The molecule has 3 rings (SSSR count). The van der Waals surface area contributed by atoms with Crippen LogP contribution in [0.25, 0.3) is 0 Å². The SMILES string of the molecule is CC1CC1CN(C)Cc1cccc2c1NCC2. The lowest BCUT2D eigenvalue weighted by Gasteiger charge is -2.18. The second-order valence-electron chi connectivity index (χ2n) is 5.80. The van der Waals surface area contributed by atoms with Crippen molar-refractivity contribution in [1.29, 1.82) is 0 Å². The Hall–Kier alpha value is -1.02. The highest BCUT2D eigenvalue weighted by Gasteiger charge is 2.33. The maximum absolute atomic E-state index is 3.53. The molecule has 17 heavy (non-hydrogen) atoms. The van der Waals surface area contributed by atoms with Crippen LogP contribution < -0.4 is 5.32 Å². The van der Waals surface area contributed by atoms with Gasteiger partial charge in [0.2, 0.25) is 0 Å². The molecule has 1 N–H and O–H groups in total. The molecule has 0 radical (unpaired) electrons. The van der Waals surface area contributed by atoms with Crippen LogP contribution in [0.3, 0.4) is 0 Å². The molecule has 2 aliphatic rings. The van der Waals surface area contributed by atoms with Crippen LogP contribution in [0.4, 0.5) is 5.69 Å². The zero-order chi connectivity index (χ0) is 11.8. The van der Waals surface area contributed by atoms with Crippen molar-refractivity contribution in [3.05, 3.63) is 29.3 Å². The summed E-state index contributed by atoms with van der Waals surface area (Å²) in [6.45, 7) is 5.81. The van der Waals surface area contributed by atoms with Gasteiger partial charge in [0.1, 0.15) is 0 Å². The number of para-hydroxylation sites is 1. The largest absolute Gasteiger partial charge is 0.384 e. The van der Waals surface area contributed by atoms with Crippen molar-refractivity contribution >= 4 is 5.69 Å². The molecule has 1 aliphatic heterocycles. The van der Waals surface area contributed by atoms with Crippen LogP contribution >= 0.6 is 0 Å². The fourth-order valence-corrected chi connectivity index (χ4v) is 2.95. The summed E-state index contributed by atoms with van der Waals surface area (Å²) < 4.78 is 0. The van der Waals surface area contributed by atoms with Crippen molar-refractivity contribution in [3.8, 4) is 0 Å². The van der Waals surface area contributed by atoms with Crippen molar-refractivity contribution in [2.24, 2.45) is 11.8 Å². The fraction of sp³-hybridized carbons (Fsp3) is 0.600. The zero-order valence-corrected chi connectivity index (χ0v) is 10.9. The van der Waals surface area contributed by atoms with Crippen LogP contribution in [0.15, 0.2) is 18.2 Å². The van der Waals surface area contributed by atoms with E-state index in [0.29, 0.717) is 0 Å². The van der Waals surface area contributed by atoms with Crippen LogP contribution in [0, 0.1) is 11.8 Å². The Labute approximate surface area is 104 Å². The van der Waals surface area contributed by atoms with Crippen molar-refractivity contribution in [2.45, 2.75) is 26.3 Å². The van der Waals surface area contributed by atoms with Gasteiger partial charge in [0.05, 0.1) is 0 Å². The van der Waals surface area contributed by atoms with E-state index < -0.39 is 0 Å². The Morgan fingerprint density at radius 3 is 3.00 bits per heavy atom. The normalized spacial score (nSPS) is 25.8. The van der Waals surface area contributed by atoms with Gasteiger partial charge in [0.15, 0.2) is 0 Å². The van der Waals surface area contributed by atoms with E-state index in [-0.39, 0.29) is 0 Å². The highest BCUT2D eigenvalue weighted by Crippen LogP contribution is 2.38. The molecule has 1 heterocycles. The van der Waals surface area contributed by atoms with Crippen molar-refractivity contribution in [2.75, 3.05) is 25.5 Å². The van der Waals surface area contributed by atoms with Gasteiger partial charge in [-0.15, -0.1) is 0 Å². The summed E-state index contributed by atoms with van der Waals surface area (Å²) in [7, 11) is 2.25. The van der Waals surface area contributed by atoms with Crippen LogP contribution in [-0.2, 0) is 13.0 Å². The van der Waals surface area contributed by atoms with Gasteiger partial charge in [-0.3, -0.25) is 0 Å². The first kappa shape index (κ1) is 11.1. The smallest absolute Gasteiger partial charge is 0.0419 e. The first-order chi connectivity index (χ1) is 8.24. The Kier molecular flexibility index (Phi) is 2.83.